The Morgan fingerprint density at radius 2 is 2.20 bits per heavy atom. The Bertz CT molecular complexity index is 633. The molecule has 2 N–H and O–H groups in total. The van der Waals surface area contributed by atoms with Crippen LogP contribution in [0.3, 0.4) is 0 Å². The van der Waals surface area contributed by atoms with Crippen LogP contribution in [0.2, 0.25) is 0 Å². The maximum Gasteiger partial charge on any atom is 0.253 e. The van der Waals surface area contributed by atoms with Gasteiger partial charge in [-0.3, -0.25) is 9.48 Å². The fourth-order valence-electron chi connectivity index (χ4n) is 2.31. The van der Waals surface area contributed by atoms with Crippen LogP contribution in [0.4, 0.5) is 0 Å². The van der Waals surface area contributed by atoms with Gasteiger partial charge in [0.1, 0.15) is 0 Å². The first kappa shape index (κ1) is 14.5. The molecule has 108 valence electrons. The predicted octanol–water partition coefficient (Wildman–Crippen LogP) is 1.17. The van der Waals surface area contributed by atoms with Gasteiger partial charge in [0.15, 0.2) is 5.65 Å². The summed E-state index contributed by atoms with van der Waals surface area (Å²) in [5.74, 6) is -0.184. The van der Waals surface area contributed by atoms with Crippen molar-refractivity contribution in [2.24, 2.45) is 7.05 Å². The van der Waals surface area contributed by atoms with Crippen molar-refractivity contribution in [1.29, 1.82) is 0 Å². The lowest BCUT2D eigenvalue weighted by Gasteiger charge is -2.15. The van der Waals surface area contributed by atoms with E-state index in [1.165, 1.54) is 0 Å². The molecule has 0 spiro atoms. The van der Waals surface area contributed by atoms with Crippen molar-refractivity contribution in [3.8, 4) is 0 Å². The Morgan fingerprint density at radius 1 is 1.50 bits per heavy atom. The number of hydrogen-bond donors (Lipinski definition) is 2. The van der Waals surface area contributed by atoms with E-state index in [4.69, 9.17) is 0 Å². The standard InChI is InChI=1S/C14H20N4O2/c1-8(5-9(2)19)16-14(20)11-6-12-10(3)17-18(4)13(12)15-7-11/h6-9,19H,5H2,1-4H3,(H,16,20). The number of pyridine rings is 1. The van der Waals surface area contributed by atoms with E-state index < -0.39 is 6.10 Å². The first-order valence-corrected chi connectivity index (χ1v) is 6.66. The van der Waals surface area contributed by atoms with Crippen LogP contribution in [0, 0.1) is 6.92 Å². The van der Waals surface area contributed by atoms with E-state index in [1.807, 2.05) is 20.9 Å². The number of carbonyl (C=O) groups is 1. The molecule has 0 aliphatic heterocycles. The Kier molecular flexibility index (Phi) is 4.04. The van der Waals surface area contributed by atoms with Gasteiger partial charge in [0.25, 0.3) is 5.91 Å². The predicted molar refractivity (Wildman–Crippen MR) is 76.5 cm³/mol. The summed E-state index contributed by atoms with van der Waals surface area (Å²) in [6.07, 6.45) is 1.63. The number of nitrogens with zero attached hydrogens (tertiary/aromatic N) is 3. The molecule has 0 aliphatic carbocycles. The number of fused-ring (bicyclic) bond motifs is 1. The van der Waals surface area contributed by atoms with Gasteiger partial charge in [-0.15, -0.1) is 0 Å². The number of rotatable bonds is 4. The highest BCUT2D eigenvalue weighted by atomic mass is 16.3. The quantitative estimate of drug-likeness (QED) is 0.878. The first-order chi connectivity index (χ1) is 9.38. The zero-order valence-corrected chi connectivity index (χ0v) is 12.2. The van der Waals surface area contributed by atoms with Gasteiger partial charge in [0.2, 0.25) is 0 Å². The van der Waals surface area contributed by atoms with Crippen molar-refractivity contribution in [2.45, 2.75) is 39.3 Å². The van der Waals surface area contributed by atoms with Crippen LogP contribution < -0.4 is 5.32 Å². The summed E-state index contributed by atoms with van der Waals surface area (Å²) in [5.41, 5.74) is 2.11. The number of aliphatic hydroxyl groups excluding tert-OH is 1. The zero-order valence-electron chi connectivity index (χ0n) is 12.2. The van der Waals surface area contributed by atoms with Gasteiger partial charge in [-0.25, -0.2) is 4.98 Å². The maximum atomic E-state index is 12.1. The summed E-state index contributed by atoms with van der Waals surface area (Å²) < 4.78 is 1.70. The second-order valence-electron chi connectivity index (χ2n) is 5.26. The molecule has 6 heteroatoms. The van der Waals surface area contributed by atoms with Crippen LogP contribution >= 0.6 is 0 Å². The molecule has 2 aromatic rings. The largest absolute Gasteiger partial charge is 0.393 e. The number of aryl methyl sites for hydroxylation is 2. The van der Waals surface area contributed by atoms with E-state index in [0.717, 1.165) is 16.7 Å². The second kappa shape index (κ2) is 5.58. The molecular formula is C14H20N4O2. The smallest absolute Gasteiger partial charge is 0.253 e. The molecule has 0 aliphatic rings. The summed E-state index contributed by atoms with van der Waals surface area (Å²) in [4.78, 5) is 16.4. The summed E-state index contributed by atoms with van der Waals surface area (Å²) >= 11 is 0. The van der Waals surface area contributed by atoms with Crippen LogP contribution in [0.25, 0.3) is 11.0 Å². The highest BCUT2D eigenvalue weighted by Gasteiger charge is 2.14. The van der Waals surface area contributed by atoms with Gasteiger partial charge < -0.3 is 10.4 Å². The molecule has 0 bridgehead atoms. The van der Waals surface area contributed by atoms with Crippen molar-refractivity contribution < 1.29 is 9.90 Å². The third-order valence-electron chi connectivity index (χ3n) is 3.20. The van der Waals surface area contributed by atoms with Gasteiger partial charge >= 0.3 is 0 Å². The molecule has 1 amide bonds. The summed E-state index contributed by atoms with van der Waals surface area (Å²) in [5, 5.41) is 17.3. The number of aromatic nitrogens is 3. The van der Waals surface area contributed by atoms with E-state index in [2.05, 4.69) is 15.4 Å². The van der Waals surface area contributed by atoms with Crippen molar-refractivity contribution in [3.63, 3.8) is 0 Å². The molecule has 0 aromatic carbocycles. The molecule has 2 heterocycles. The first-order valence-electron chi connectivity index (χ1n) is 6.66. The Labute approximate surface area is 117 Å². The van der Waals surface area contributed by atoms with Crippen molar-refractivity contribution >= 4 is 16.9 Å². The molecule has 2 unspecified atom stereocenters. The maximum absolute atomic E-state index is 12.1. The summed E-state index contributed by atoms with van der Waals surface area (Å²) in [6, 6.07) is 1.71. The SMILES string of the molecule is Cc1nn(C)c2ncc(C(=O)NC(C)CC(C)O)cc12. The highest BCUT2D eigenvalue weighted by Crippen LogP contribution is 2.16. The Morgan fingerprint density at radius 3 is 2.85 bits per heavy atom. The van der Waals surface area contributed by atoms with Gasteiger partial charge in [0, 0.05) is 24.7 Å². The number of aliphatic hydroxyl groups is 1. The normalized spacial score (nSPS) is 14.2. The van der Waals surface area contributed by atoms with Crippen molar-refractivity contribution in [2.75, 3.05) is 0 Å². The van der Waals surface area contributed by atoms with Crippen LogP contribution in [0.15, 0.2) is 12.3 Å². The minimum Gasteiger partial charge on any atom is -0.393 e. The van der Waals surface area contributed by atoms with E-state index in [-0.39, 0.29) is 11.9 Å². The van der Waals surface area contributed by atoms with E-state index in [0.29, 0.717) is 12.0 Å². The number of nitrogens with one attached hydrogen (secondary N) is 1. The Hall–Kier alpha value is -1.95. The number of hydrogen-bond acceptors (Lipinski definition) is 4. The third kappa shape index (κ3) is 2.96. The molecule has 6 nitrogen and oxygen atoms in total. The molecule has 0 radical (unpaired) electrons. The summed E-state index contributed by atoms with van der Waals surface area (Å²) in [7, 11) is 1.83. The lowest BCUT2D eigenvalue weighted by molar-refractivity contribution is 0.0923. The monoisotopic (exact) mass is 276 g/mol. The second-order valence-corrected chi connectivity index (χ2v) is 5.26. The third-order valence-corrected chi connectivity index (χ3v) is 3.20. The highest BCUT2D eigenvalue weighted by molar-refractivity contribution is 5.97. The lowest BCUT2D eigenvalue weighted by atomic mass is 10.1. The molecule has 0 saturated heterocycles. The molecule has 0 fully saturated rings. The summed E-state index contributed by atoms with van der Waals surface area (Å²) in [6.45, 7) is 5.46. The van der Waals surface area contributed by atoms with Crippen LogP contribution in [0.1, 0.15) is 36.3 Å². The fraction of sp³-hybridized carbons (Fsp3) is 0.500. The van der Waals surface area contributed by atoms with E-state index in [9.17, 15) is 9.90 Å². The zero-order chi connectivity index (χ0) is 14.9. The minimum absolute atomic E-state index is 0.0896. The van der Waals surface area contributed by atoms with Gasteiger partial charge in [-0.05, 0) is 33.3 Å². The average Bonchev–Trinajstić information content (AvgIpc) is 2.63. The number of amides is 1. The average molecular weight is 276 g/mol. The molecule has 20 heavy (non-hydrogen) atoms. The molecule has 2 aromatic heterocycles. The van der Waals surface area contributed by atoms with E-state index in [1.54, 1.807) is 23.9 Å². The van der Waals surface area contributed by atoms with Gasteiger partial charge in [-0.1, -0.05) is 0 Å². The van der Waals surface area contributed by atoms with E-state index >= 15 is 0 Å². The van der Waals surface area contributed by atoms with Crippen LogP contribution in [-0.2, 0) is 7.05 Å². The lowest BCUT2D eigenvalue weighted by Crippen LogP contribution is -2.34. The van der Waals surface area contributed by atoms with Gasteiger partial charge in [-0.2, -0.15) is 5.10 Å². The number of carbonyl (C=O) groups excluding carboxylic acids is 1. The van der Waals surface area contributed by atoms with Crippen molar-refractivity contribution in [1.82, 2.24) is 20.1 Å². The molecule has 2 atom stereocenters. The van der Waals surface area contributed by atoms with Crippen LogP contribution in [0.5, 0.6) is 0 Å². The minimum atomic E-state index is -0.438. The molecule has 2 rings (SSSR count). The molecule has 0 saturated carbocycles. The molecular weight excluding hydrogens is 256 g/mol. The van der Waals surface area contributed by atoms with Gasteiger partial charge in [0.05, 0.1) is 17.4 Å². The Balaban J connectivity index is 2.20. The van der Waals surface area contributed by atoms with Crippen LogP contribution in [-0.4, -0.2) is 37.9 Å². The van der Waals surface area contributed by atoms with Crippen molar-refractivity contribution in [3.05, 3.63) is 23.5 Å². The topological polar surface area (TPSA) is 80.0 Å². The fourth-order valence-corrected chi connectivity index (χ4v) is 2.31.